The molecule has 12 heteroatoms. The van der Waals surface area contributed by atoms with Crippen molar-refractivity contribution in [1.29, 1.82) is 0 Å². The number of rotatable bonds is 5. The number of hydrogen-bond donors (Lipinski definition) is 3. The first-order valence-electron chi connectivity index (χ1n) is 9.83. The van der Waals surface area contributed by atoms with Gasteiger partial charge in [-0.3, -0.25) is 10.1 Å². The van der Waals surface area contributed by atoms with Gasteiger partial charge in [-0.25, -0.2) is 17.6 Å². The summed E-state index contributed by atoms with van der Waals surface area (Å²) in [7, 11) is -3.72. The van der Waals surface area contributed by atoms with E-state index in [1.54, 1.807) is 32.5 Å². The minimum Gasteiger partial charge on any atom is -0.444 e. The van der Waals surface area contributed by atoms with Gasteiger partial charge in [0.1, 0.15) is 22.0 Å². The summed E-state index contributed by atoms with van der Waals surface area (Å²) in [5, 5.41) is 4.95. The van der Waals surface area contributed by atoms with Crippen LogP contribution in [0, 0.1) is 5.82 Å². The normalized spacial score (nSPS) is 15.2. The van der Waals surface area contributed by atoms with E-state index in [-0.39, 0.29) is 22.0 Å². The highest BCUT2D eigenvalue weighted by Crippen LogP contribution is 2.25. The van der Waals surface area contributed by atoms with Crippen LogP contribution in [-0.2, 0) is 14.8 Å². The van der Waals surface area contributed by atoms with Gasteiger partial charge in [0.2, 0.25) is 10.0 Å². The van der Waals surface area contributed by atoms with E-state index >= 15 is 0 Å². The first kappa shape index (κ1) is 24.1. The number of ether oxygens (including phenoxy) is 1. The van der Waals surface area contributed by atoms with Crippen molar-refractivity contribution in [2.24, 2.45) is 0 Å². The van der Waals surface area contributed by atoms with Gasteiger partial charge in [-0.05, 0) is 45.0 Å². The standard InChI is InChI=1S/C20H25FN4O5S2/c1-20(2,3)30-19(27)24-15-5-4-13(21)10-16(15)23-18(26)17-11-14(12-22-17)32(28,29)25-6-8-31-9-7-25/h4-5,10-12,22H,6-9H2,1-3H3,(H,23,26)(H,24,27). The summed E-state index contributed by atoms with van der Waals surface area (Å²) < 4.78 is 45.9. The molecular formula is C20H25FN4O5S2. The fourth-order valence-corrected chi connectivity index (χ4v) is 5.49. The van der Waals surface area contributed by atoms with Gasteiger partial charge in [-0.1, -0.05) is 0 Å². The zero-order chi connectivity index (χ0) is 23.5. The second kappa shape index (κ2) is 9.51. The molecule has 0 unspecified atom stereocenters. The Morgan fingerprint density at radius 1 is 1.12 bits per heavy atom. The monoisotopic (exact) mass is 484 g/mol. The second-order valence-corrected chi connectivity index (χ2v) is 11.2. The number of amides is 2. The Hall–Kier alpha value is -2.57. The molecule has 32 heavy (non-hydrogen) atoms. The molecule has 0 atom stereocenters. The average molecular weight is 485 g/mol. The van der Waals surface area contributed by atoms with Crippen LogP contribution in [0.1, 0.15) is 31.3 Å². The first-order valence-corrected chi connectivity index (χ1v) is 12.4. The third-order valence-electron chi connectivity index (χ3n) is 4.37. The maximum atomic E-state index is 13.8. The Bertz CT molecular complexity index is 1110. The number of anilines is 2. The summed E-state index contributed by atoms with van der Waals surface area (Å²) in [5.41, 5.74) is -0.651. The number of benzene rings is 1. The molecular weight excluding hydrogens is 459 g/mol. The zero-order valence-corrected chi connectivity index (χ0v) is 19.5. The zero-order valence-electron chi connectivity index (χ0n) is 17.9. The van der Waals surface area contributed by atoms with Crippen LogP contribution in [-0.4, -0.2) is 59.9 Å². The number of H-pyrrole nitrogens is 1. The Morgan fingerprint density at radius 3 is 2.47 bits per heavy atom. The predicted molar refractivity (Wildman–Crippen MR) is 121 cm³/mol. The van der Waals surface area contributed by atoms with E-state index in [1.165, 1.54) is 22.6 Å². The molecule has 1 fully saturated rings. The molecule has 0 aliphatic carbocycles. The molecule has 9 nitrogen and oxygen atoms in total. The Balaban J connectivity index is 1.76. The molecule has 174 valence electrons. The Kier molecular flexibility index (Phi) is 7.16. The van der Waals surface area contributed by atoms with Crippen LogP contribution in [0.4, 0.5) is 20.6 Å². The molecule has 1 aromatic carbocycles. The van der Waals surface area contributed by atoms with Gasteiger partial charge >= 0.3 is 6.09 Å². The van der Waals surface area contributed by atoms with E-state index in [9.17, 15) is 22.4 Å². The highest BCUT2D eigenvalue weighted by molar-refractivity contribution is 7.99. The fraction of sp³-hybridized carbons (Fsp3) is 0.400. The van der Waals surface area contributed by atoms with Gasteiger partial charge in [-0.15, -0.1) is 0 Å². The van der Waals surface area contributed by atoms with Crippen molar-refractivity contribution < 1.29 is 27.1 Å². The summed E-state index contributed by atoms with van der Waals surface area (Å²) in [4.78, 5) is 27.4. The van der Waals surface area contributed by atoms with Crippen molar-refractivity contribution in [2.45, 2.75) is 31.3 Å². The van der Waals surface area contributed by atoms with Gasteiger partial charge in [0.05, 0.1) is 11.4 Å². The molecule has 1 aliphatic rings. The summed E-state index contributed by atoms with van der Waals surface area (Å²) >= 11 is 1.68. The molecule has 0 bridgehead atoms. The van der Waals surface area contributed by atoms with Crippen LogP contribution in [0.15, 0.2) is 35.4 Å². The van der Waals surface area contributed by atoms with Crippen LogP contribution >= 0.6 is 11.8 Å². The highest BCUT2D eigenvalue weighted by Gasteiger charge is 2.28. The quantitative estimate of drug-likeness (QED) is 0.598. The van der Waals surface area contributed by atoms with E-state index in [0.29, 0.717) is 24.6 Å². The lowest BCUT2D eigenvalue weighted by Crippen LogP contribution is -2.37. The third-order valence-corrected chi connectivity index (χ3v) is 7.19. The number of carbonyl (C=O) groups is 2. The minimum atomic E-state index is -3.72. The second-order valence-electron chi connectivity index (χ2n) is 8.04. The highest BCUT2D eigenvalue weighted by atomic mass is 32.2. The smallest absolute Gasteiger partial charge is 0.412 e. The van der Waals surface area contributed by atoms with Crippen LogP contribution in [0.5, 0.6) is 0 Å². The van der Waals surface area contributed by atoms with Crippen molar-refractivity contribution in [1.82, 2.24) is 9.29 Å². The molecule has 1 aliphatic heterocycles. The molecule has 2 aromatic rings. The SMILES string of the molecule is CC(C)(C)OC(=O)Nc1ccc(F)cc1NC(=O)c1cc(S(=O)(=O)N2CCSCC2)c[nH]1. The van der Waals surface area contributed by atoms with Gasteiger partial charge in [0.15, 0.2) is 0 Å². The van der Waals surface area contributed by atoms with Crippen molar-refractivity contribution in [3.8, 4) is 0 Å². The van der Waals surface area contributed by atoms with Gasteiger partial charge < -0.3 is 15.0 Å². The van der Waals surface area contributed by atoms with Gasteiger partial charge in [-0.2, -0.15) is 16.1 Å². The summed E-state index contributed by atoms with van der Waals surface area (Å²) in [5.74, 6) is 0.0970. The third kappa shape index (κ3) is 6.02. The average Bonchev–Trinajstić information content (AvgIpc) is 3.21. The summed E-state index contributed by atoms with van der Waals surface area (Å²) in [6.07, 6.45) is 0.477. The van der Waals surface area contributed by atoms with Crippen molar-refractivity contribution in [3.63, 3.8) is 0 Å². The van der Waals surface area contributed by atoms with E-state index in [2.05, 4.69) is 15.6 Å². The molecule has 1 aromatic heterocycles. The number of nitrogens with zero attached hydrogens (tertiary/aromatic N) is 1. The summed E-state index contributed by atoms with van der Waals surface area (Å²) in [6.45, 7) is 5.89. The number of carbonyl (C=O) groups excluding carboxylic acids is 2. The molecule has 0 spiro atoms. The number of sulfonamides is 1. The topological polar surface area (TPSA) is 121 Å². The molecule has 3 rings (SSSR count). The maximum Gasteiger partial charge on any atom is 0.412 e. The molecule has 2 heterocycles. The van der Waals surface area contributed by atoms with E-state index in [4.69, 9.17) is 4.74 Å². The lowest BCUT2D eigenvalue weighted by molar-refractivity contribution is 0.0635. The number of halogens is 1. The van der Waals surface area contributed by atoms with Crippen molar-refractivity contribution in [3.05, 3.63) is 42.0 Å². The largest absolute Gasteiger partial charge is 0.444 e. The van der Waals surface area contributed by atoms with Crippen molar-refractivity contribution in [2.75, 3.05) is 35.2 Å². The number of thioether (sulfide) groups is 1. The van der Waals surface area contributed by atoms with Crippen molar-refractivity contribution >= 4 is 45.2 Å². The van der Waals surface area contributed by atoms with Gasteiger partial charge in [0, 0.05) is 30.8 Å². The number of nitrogens with one attached hydrogen (secondary N) is 3. The molecule has 0 saturated carbocycles. The first-order chi connectivity index (χ1) is 15.0. The van der Waals surface area contributed by atoms with Crippen LogP contribution in [0.2, 0.25) is 0 Å². The van der Waals surface area contributed by atoms with E-state index < -0.39 is 33.4 Å². The van der Waals surface area contributed by atoms with Crippen LogP contribution in [0.3, 0.4) is 0 Å². The fourth-order valence-electron chi connectivity index (χ4n) is 2.92. The van der Waals surface area contributed by atoms with E-state index in [0.717, 1.165) is 12.1 Å². The van der Waals surface area contributed by atoms with Crippen LogP contribution in [0.25, 0.3) is 0 Å². The molecule has 0 radical (unpaired) electrons. The van der Waals surface area contributed by atoms with Gasteiger partial charge in [0.25, 0.3) is 5.91 Å². The molecule has 2 amide bonds. The summed E-state index contributed by atoms with van der Waals surface area (Å²) in [6, 6.07) is 4.68. The Labute approximate surface area is 190 Å². The number of aromatic amines is 1. The molecule has 1 saturated heterocycles. The predicted octanol–water partition coefficient (Wildman–Crippen LogP) is 3.49. The number of hydrogen-bond acceptors (Lipinski definition) is 6. The lowest BCUT2D eigenvalue weighted by Gasteiger charge is -2.24. The minimum absolute atomic E-state index is 0.00655. The lowest BCUT2D eigenvalue weighted by atomic mass is 10.2. The number of aromatic nitrogens is 1. The van der Waals surface area contributed by atoms with Crippen LogP contribution < -0.4 is 10.6 Å². The maximum absolute atomic E-state index is 13.8. The Morgan fingerprint density at radius 2 is 1.81 bits per heavy atom. The van der Waals surface area contributed by atoms with E-state index in [1.807, 2.05) is 0 Å². The molecule has 3 N–H and O–H groups in total.